The average molecular weight is 299 g/mol. The summed E-state index contributed by atoms with van der Waals surface area (Å²) in [6.45, 7) is 8.83. The third-order valence-electron chi connectivity index (χ3n) is 4.63. The molecular formula is C18H25N3O. The SMILES string of the molecule is CC(C)c1ccc(Cc2noc(C[C@@H]3CNC[C@H]3C)n2)cc1. The van der Waals surface area contributed by atoms with E-state index in [-0.39, 0.29) is 0 Å². The van der Waals surface area contributed by atoms with Gasteiger partial charge in [0.05, 0.1) is 0 Å². The Bertz CT molecular complexity index is 603. The summed E-state index contributed by atoms with van der Waals surface area (Å²) in [4.78, 5) is 4.56. The second-order valence-electron chi connectivity index (χ2n) is 6.78. The van der Waals surface area contributed by atoms with Crippen LogP contribution in [0.25, 0.3) is 0 Å². The molecule has 1 aliphatic heterocycles. The monoisotopic (exact) mass is 299 g/mol. The molecule has 22 heavy (non-hydrogen) atoms. The Morgan fingerprint density at radius 3 is 2.64 bits per heavy atom. The van der Waals surface area contributed by atoms with Gasteiger partial charge in [0.15, 0.2) is 5.82 Å². The average Bonchev–Trinajstić information content (AvgIpc) is 3.10. The van der Waals surface area contributed by atoms with Gasteiger partial charge >= 0.3 is 0 Å². The third kappa shape index (κ3) is 3.55. The molecule has 0 aliphatic carbocycles. The molecule has 1 fully saturated rings. The molecule has 1 saturated heterocycles. The smallest absolute Gasteiger partial charge is 0.226 e. The van der Waals surface area contributed by atoms with Crippen molar-refractivity contribution in [1.82, 2.24) is 15.5 Å². The Hall–Kier alpha value is -1.68. The van der Waals surface area contributed by atoms with E-state index in [0.29, 0.717) is 17.8 Å². The standard InChI is InChI=1S/C18H25N3O/c1-12(2)15-6-4-14(5-7-15)8-17-20-18(22-21-17)9-16-11-19-10-13(16)3/h4-7,12-13,16,19H,8-11H2,1-3H3/t13-,16-/m1/s1. The van der Waals surface area contributed by atoms with Gasteiger partial charge in [0.1, 0.15) is 0 Å². The van der Waals surface area contributed by atoms with Crippen molar-refractivity contribution in [3.8, 4) is 0 Å². The summed E-state index contributed by atoms with van der Waals surface area (Å²) in [6, 6.07) is 8.70. The van der Waals surface area contributed by atoms with Crippen molar-refractivity contribution in [3.05, 3.63) is 47.1 Å². The first-order chi connectivity index (χ1) is 10.6. The van der Waals surface area contributed by atoms with Crippen LogP contribution in [0.2, 0.25) is 0 Å². The maximum Gasteiger partial charge on any atom is 0.226 e. The van der Waals surface area contributed by atoms with Crippen molar-refractivity contribution in [2.45, 2.75) is 39.5 Å². The van der Waals surface area contributed by atoms with E-state index in [1.54, 1.807) is 0 Å². The van der Waals surface area contributed by atoms with Crippen LogP contribution >= 0.6 is 0 Å². The molecule has 3 rings (SSSR count). The number of nitrogens with zero attached hydrogens (tertiary/aromatic N) is 2. The summed E-state index contributed by atoms with van der Waals surface area (Å²) in [6.07, 6.45) is 1.62. The number of hydrogen-bond donors (Lipinski definition) is 1. The Morgan fingerprint density at radius 2 is 2.00 bits per heavy atom. The van der Waals surface area contributed by atoms with Gasteiger partial charge in [0.25, 0.3) is 0 Å². The molecule has 1 N–H and O–H groups in total. The summed E-state index contributed by atoms with van der Waals surface area (Å²) in [7, 11) is 0. The lowest BCUT2D eigenvalue weighted by atomic mass is 9.95. The van der Waals surface area contributed by atoms with E-state index in [9.17, 15) is 0 Å². The summed E-state index contributed by atoms with van der Waals surface area (Å²) >= 11 is 0. The van der Waals surface area contributed by atoms with Crippen LogP contribution in [0.1, 0.15) is 49.5 Å². The molecule has 0 bridgehead atoms. The van der Waals surface area contributed by atoms with E-state index in [4.69, 9.17) is 4.52 Å². The number of hydrogen-bond acceptors (Lipinski definition) is 4. The molecule has 1 aromatic heterocycles. The van der Waals surface area contributed by atoms with Gasteiger partial charge in [-0.25, -0.2) is 0 Å². The maximum atomic E-state index is 5.42. The van der Waals surface area contributed by atoms with Gasteiger partial charge in [-0.05, 0) is 42.0 Å². The van der Waals surface area contributed by atoms with Gasteiger partial charge in [-0.15, -0.1) is 0 Å². The first-order valence-corrected chi connectivity index (χ1v) is 8.23. The first kappa shape index (κ1) is 15.2. The predicted molar refractivity (Wildman–Crippen MR) is 86.9 cm³/mol. The summed E-state index contributed by atoms with van der Waals surface area (Å²) in [5.41, 5.74) is 2.59. The summed E-state index contributed by atoms with van der Waals surface area (Å²) < 4.78 is 5.42. The number of rotatable bonds is 5. The quantitative estimate of drug-likeness (QED) is 0.921. The fourth-order valence-electron chi connectivity index (χ4n) is 3.01. The third-order valence-corrected chi connectivity index (χ3v) is 4.63. The molecule has 1 aromatic carbocycles. The first-order valence-electron chi connectivity index (χ1n) is 8.23. The number of benzene rings is 1. The Kier molecular flexibility index (Phi) is 4.57. The summed E-state index contributed by atoms with van der Waals surface area (Å²) in [5.74, 6) is 3.41. The van der Waals surface area contributed by atoms with Crippen molar-refractivity contribution >= 4 is 0 Å². The Morgan fingerprint density at radius 1 is 1.23 bits per heavy atom. The van der Waals surface area contributed by atoms with Gasteiger partial charge < -0.3 is 9.84 Å². The molecule has 118 valence electrons. The van der Waals surface area contributed by atoms with Crippen molar-refractivity contribution in [1.29, 1.82) is 0 Å². The normalized spacial score (nSPS) is 21.6. The van der Waals surface area contributed by atoms with Crippen molar-refractivity contribution in [3.63, 3.8) is 0 Å². The highest BCUT2D eigenvalue weighted by Crippen LogP contribution is 2.20. The van der Waals surface area contributed by atoms with Crippen LogP contribution in [0, 0.1) is 11.8 Å². The summed E-state index contributed by atoms with van der Waals surface area (Å²) in [5, 5.41) is 7.54. The number of aromatic nitrogens is 2. The van der Waals surface area contributed by atoms with Crippen LogP contribution in [0.4, 0.5) is 0 Å². The predicted octanol–water partition coefficient (Wildman–Crippen LogP) is 3.18. The largest absolute Gasteiger partial charge is 0.339 e. The highest BCUT2D eigenvalue weighted by atomic mass is 16.5. The molecule has 4 heteroatoms. The van der Waals surface area contributed by atoms with Gasteiger partial charge in [0, 0.05) is 12.8 Å². The second-order valence-corrected chi connectivity index (χ2v) is 6.78. The zero-order valence-corrected chi connectivity index (χ0v) is 13.7. The highest BCUT2D eigenvalue weighted by molar-refractivity contribution is 5.26. The van der Waals surface area contributed by atoms with E-state index < -0.39 is 0 Å². The minimum absolute atomic E-state index is 0.563. The molecule has 0 amide bonds. The molecule has 0 spiro atoms. The molecule has 2 heterocycles. The van der Waals surface area contributed by atoms with E-state index in [2.05, 4.69) is 60.5 Å². The second kappa shape index (κ2) is 6.61. The van der Waals surface area contributed by atoms with Crippen LogP contribution in [0.15, 0.2) is 28.8 Å². The minimum Gasteiger partial charge on any atom is -0.339 e. The van der Waals surface area contributed by atoms with E-state index in [0.717, 1.165) is 37.6 Å². The van der Waals surface area contributed by atoms with Crippen LogP contribution < -0.4 is 5.32 Å². The van der Waals surface area contributed by atoms with Crippen LogP contribution in [0.3, 0.4) is 0 Å². The highest BCUT2D eigenvalue weighted by Gasteiger charge is 2.25. The van der Waals surface area contributed by atoms with Gasteiger partial charge in [0.2, 0.25) is 5.89 Å². The molecule has 2 atom stereocenters. The molecule has 2 aromatic rings. The lowest BCUT2D eigenvalue weighted by Gasteiger charge is -2.10. The van der Waals surface area contributed by atoms with Crippen LogP contribution in [-0.2, 0) is 12.8 Å². The lowest BCUT2D eigenvalue weighted by molar-refractivity contribution is 0.335. The zero-order chi connectivity index (χ0) is 15.5. The van der Waals surface area contributed by atoms with E-state index >= 15 is 0 Å². The zero-order valence-electron chi connectivity index (χ0n) is 13.7. The van der Waals surface area contributed by atoms with Crippen LogP contribution in [0.5, 0.6) is 0 Å². The van der Waals surface area contributed by atoms with Gasteiger partial charge in [-0.1, -0.05) is 50.2 Å². The maximum absolute atomic E-state index is 5.42. The van der Waals surface area contributed by atoms with E-state index in [1.807, 2.05) is 0 Å². The lowest BCUT2D eigenvalue weighted by Crippen LogP contribution is -2.13. The van der Waals surface area contributed by atoms with Gasteiger partial charge in [-0.2, -0.15) is 4.98 Å². The van der Waals surface area contributed by atoms with E-state index in [1.165, 1.54) is 11.1 Å². The molecule has 4 nitrogen and oxygen atoms in total. The molecule has 1 aliphatic rings. The fourth-order valence-corrected chi connectivity index (χ4v) is 3.01. The topological polar surface area (TPSA) is 51.0 Å². The minimum atomic E-state index is 0.563. The Labute approximate surface area is 132 Å². The van der Waals surface area contributed by atoms with Crippen molar-refractivity contribution < 1.29 is 4.52 Å². The van der Waals surface area contributed by atoms with Crippen molar-refractivity contribution in [2.24, 2.45) is 11.8 Å². The van der Waals surface area contributed by atoms with Crippen molar-refractivity contribution in [2.75, 3.05) is 13.1 Å². The van der Waals surface area contributed by atoms with Crippen LogP contribution in [-0.4, -0.2) is 23.2 Å². The van der Waals surface area contributed by atoms with Gasteiger partial charge in [-0.3, -0.25) is 0 Å². The Balaban J connectivity index is 1.61. The fraction of sp³-hybridized carbons (Fsp3) is 0.556. The molecule has 0 radical (unpaired) electrons. The number of nitrogens with one attached hydrogen (secondary N) is 1. The molecule has 0 unspecified atom stereocenters. The molecule has 0 saturated carbocycles. The molecular weight excluding hydrogens is 274 g/mol.